The van der Waals surface area contributed by atoms with E-state index in [1.54, 1.807) is 0 Å². The van der Waals surface area contributed by atoms with Crippen LogP contribution in [0.2, 0.25) is 0 Å². The molecule has 0 aliphatic heterocycles. The number of aromatic nitrogens is 4. The second-order valence-corrected chi connectivity index (χ2v) is 6.93. The summed E-state index contributed by atoms with van der Waals surface area (Å²) in [7, 11) is 0. The molecule has 1 aromatic carbocycles. The normalized spacial score (nSPS) is 11.5. The Balaban J connectivity index is 1.70. The summed E-state index contributed by atoms with van der Waals surface area (Å²) in [6.45, 7) is 0.165. The van der Waals surface area contributed by atoms with Gasteiger partial charge in [-0.25, -0.2) is 14.8 Å². The quantitative estimate of drug-likeness (QED) is 0.199. The summed E-state index contributed by atoms with van der Waals surface area (Å²) in [4.78, 5) is 72.2. The van der Waals surface area contributed by atoms with Crippen molar-refractivity contribution in [3.63, 3.8) is 0 Å². The molecule has 15 nitrogen and oxygen atoms in total. The van der Waals surface area contributed by atoms with E-state index in [2.05, 4.69) is 30.5 Å². The van der Waals surface area contributed by atoms with Gasteiger partial charge in [0.25, 0.3) is 11.5 Å². The molecule has 3 rings (SSSR count). The summed E-state index contributed by atoms with van der Waals surface area (Å²) in [5.74, 6) is -3.90. The first-order valence-corrected chi connectivity index (χ1v) is 9.66. The van der Waals surface area contributed by atoms with Crippen LogP contribution in [0.5, 0.6) is 0 Å². The number of fused-ring (bicyclic) bond motifs is 1. The Hall–Kier alpha value is -4.95. The molecule has 0 saturated carbocycles. The maximum Gasteiger partial charge on any atom is 0.328 e. The summed E-state index contributed by atoms with van der Waals surface area (Å²) in [5, 5.41) is 23.7. The Morgan fingerprint density at radius 1 is 1.18 bits per heavy atom. The molecule has 176 valence electrons. The Morgan fingerprint density at radius 2 is 1.88 bits per heavy atom. The van der Waals surface area contributed by atoms with Crippen molar-refractivity contribution < 1.29 is 24.6 Å². The molecule has 0 fully saturated rings. The molecule has 2 aromatic heterocycles. The molecular formula is C19H18N8O7. The third kappa shape index (κ3) is 5.45. The summed E-state index contributed by atoms with van der Waals surface area (Å²) < 4.78 is 0. The van der Waals surface area contributed by atoms with Crippen molar-refractivity contribution in [3.05, 3.63) is 57.0 Å². The molecule has 1 unspecified atom stereocenters. The number of nitrogens with zero attached hydrogens (tertiary/aromatic N) is 5. The molecule has 0 spiro atoms. The number of nitrogens with two attached hydrogens (primary N) is 1. The van der Waals surface area contributed by atoms with Crippen LogP contribution >= 0.6 is 0 Å². The zero-order valence-electron chi connectivity index (χ0n) is 17.3. The van der Waals surface area contributed by atoms with Crippen LogP contribution in [0.4, 0.5) is 11.6 Å². The molecule has 0 saturated heterocycles. The fourth-order valence-electron chi connectivity index (χ4n) is 2.96. The maximum atomic E-state index is 12.6. The Bertz CT molecular complexity index is 1310. The molecule has 34 heavy (non-hydrogen) atoms. The van der Waals surface area contributed by atoms with Gasteiger partial charge in [0.1, 0.15) is 0 Å². The second kappa shape index (κ2) is 10.1. The van der Waals surface area contributed by atoms with Crippen LogP contribution in [0.3, 0.4) is 0 Å². The lowest BCUT2D eigenvalue weighted by atomic mass is 10.1. The smallest absolute Gasteiger partial charge is 0.328 e. The van der Waals surface area contributed by atoms with Crippen LogP contribution in [-0.2, 0) is 16.1 Å². The van der Waals surface area contributed by atoms with Gasteiger partial charge in [-0.1, -0.05) is 0 Å². The number of H-pyrrole nitrogens is 1. The SMILES string of the molecule is Nc1nc2ncc(CNc3ccc(C(=O)N(N=O)C(CCC(=O)O)C(=O)O)cc3)nc2c(=O)[nH]1. The number of hydrogen-bond acceptors (Lipinski definition) is 11. The fourth-order valence-corrected chi connectivity index (χ4v) is 2.96. The molecule has 6 N–H and O–H groups in total. The maximum absolute atomic E-state index is 12.6. The van der Waals surface area contributed by atoms with Crippen molar-refractivity contribution in [2.75, 3.05) is 11.1 Å². The number of carboxylic acid groups (broad SMARTS) is 2. The van der Waals surface area contributed by atoms with E-state index < -0.39 is 42.3 Å². The highest BCUT2D eigenvalue weighted by atomic mass is 16.4. The molecule has 0 bridgehead atoms. The molecule has 1 atom stereocenters. The number of aromatic amines is 1. The van der Waals surface area contributed by atoms with Gasteiger partial charge in [0.05, 0.1) is 23.7 Å². The van der Waals surface area contributed by atoms with E-state index >= 15 is 0 Å². The molecule has 2 heterocycles. The van der Waals surface area contributed by atoms with Crippen molar-refractivity contribution in [1.29, 1.82) is 0 Å². The molecule has 3 aromatic rings. The zero-order chi connectivity index (χ0) is 24.8. The standard InChI is InChI=1S/C19H18N8O7/c20-19-24-15-14(16(30)25-19)23-11(8-22-15)7-21-10-3-1-9(2-4-10)17(31)27(26-34)12(18(32)33)5-6-13(28)29/h1-4,8,12,21H,5-7H2,(H,28,29)(H,32,33)(H3,20,22,24,25,30). The van der Waals surface area contributed by atoms with E-state index in [0.29, 0.717) is 11.4 Å². The number of rotatable bonds is 10. The zero-order valence-corrected chi connectivity index (χ0v) is 17.3. The van der Waals surface area contributed by atoms with E-state index in [4.69, 9.17) is 10.8 Å². The van der Waals surface area contributed by atoms with E-state index in [1.165, 1.54) is 30.5 Å². The molecule has 0 radical (unpaired) electrons. The number of carboxylic acids is 2. The van der Waals surface area contributed by atoms with Gasteiger partial charge in [-0.2, -0.15) is 9.99 Å². The predicted octanol–water partition coefficient (Wildman–Crippen LogP) is 0.349. The number of nitrogen functional groups attached to an aromatic ring is 1. The number of hydrogen-bond donors (Lipinski definition) is 5. The molecule has 0 aliphatic rings. The lowest BCUT2D eigenvalue weighted by Gasteiger charge is -2.20. The third-order valence-electron chi connectivity index (χ3n) is 4.60. The van der Waals surface area contributed by atoms with Crippen LogP contribution in [0, 0.1) is 4.91 Å². The largest absolute Gasteiger partial charge is 0.481 e. The minimum atomic E-state index is -1.72. The number of carbonyl (C=O) groups is 3. The minimum absolute atomic E-state index is 0.0202. The van der Waals surface area contributed by atoms with Crippen LogP contribution in [-0.4, -0.2) is 59.0 Å². The fraction of sp³-hybridized carbons (Fsp3) is 0.211. The van der Waals surface area contributed by atoms with Gasteiger partial charge in [-0.15, -0.1) is 4.91 Å². The van der Waals surface area contributed by atoms with Crippen molar-refractivity contribution in [2.45, 2.75) is 25.4 Å². The van der Waals surface area contributed by atoms with E-state index in [9.17, 15) is 29.2 Å². The average Bonchev–Trinajstić information content (AvgIpc) is 2.80. The average molecular weight is 470 g/mol. The number of carbonyl (C=O) groups excluding carboxylic acids is 1. The Morgan fingerprint density at radius 3 is 2.50 bits per heavy atom. The topological polar surface area (TPSA) is 234 Å². The number of anilines is 2. The molecular weight excluding hydrogens is 452 g/mol. The van der Waals surface area contributed by atoms with Crippen molar-refractivity contribution in [3.8, 4) is 0 Å². The van der Waals surface area contributed by atoms with Gasteiger partial charge in [-0.05, 0) is 30.7 Å². The molecule has 0 aliphatic carbocycles. The van der Waals surface area contributed by atoms with E-state index in [-0.39, 0.29) is 34.2 Å². The van der Waals surface area contributed by atoms with Gasteiger partial charge < -0.3 is 21.3 Å². The number of aliphatic carboxylic acids is 2. The number of nitrogens with one attached hydrogen (secondary N) is 2. The Labute approximate surface area is 189 Å². The number of amides is 1. The number of benzene rings is 1. The van der Waals surface area contributed by atoms with Crippen molar-refractivity contribution in [2.24, 2.45) is 5.29 Å². The van der Waals surface area contributed by atoms with Gasteiger partial charge in [0.2, 0.25) is 5.95 Å². The van der Waals surface area contributed by atoms with Gasteiger partial charge >= 0.3 is 11.9 Å². The second-order valence-electron chi connectivity index (χ2n) is 6.93. The lowest BCUT2D eigenvalue weighted by Crippen LogP contribution is -2.41. The van der Waals surface area contributed by atoms with E-state index in [1.807, 2.05) is 0 Å². The monoisotopic (exact) mass is 470 g/mol. The van der Waals surface area contributed by atoms with E-state index in [0.717, 1.165) is 0 Å². The van der Waals surface area contributed by atoms with Crippen LogP contribution in [0.1, 0.15) is 28.9 Å². The van der Waals surface area contributed by atoms with Crippen molar-refractivity contribution in [1.82, 2.24) is 24.9 Å². The van der Waals surface area contributed by atoms with Gasteiger partial charge in [-0.3, -0.25) is 19.4 Å². The minimum Gasteiger partial charge on any atom is -0.481 e. The summed E-state index contributed by atoms with van der Waals surface area (Å²) in [5.41, 5.74) is 5.98. The lowest BCUT2D eigenvalue weighted by molar-refractivity contribution is -0.143. The van der Waals surface area contributed by atoms with Crippen LogP contribution in [0.25, 0.3) is 11.2 Å². The van der Waals surface area contributed by atoms with Gasteiger partial charge in [0.15, 0.2) is 17.2 Å². The molecule has 1 amide bonds. The van der Waals surface area contributed by atoms with Gasteiger partial charge in [0, 0.05) is 17.7 Å². The predicted molar refractivity (Wildman–Crippen MR) is 116 cm³/mol. The van der Waals surface area contributed by atoms with Crippen molar-refractivity contribution >= 4 is 40.6 Å². The summed E-state index contributed by atoms with van der Waals surface area (Å²) >= 11 is 0. The van der Waals surface area contributed by atoms with Crippen LogP contribution in [0.15, 0.2) is 40.5 Å². The third-order valence-corrected chi connectivity index (χ3v) is 4.60. The highest BCUT2D eigenvalue weighted by molar-refractivity contribution is 5.96. The van der Waals surface area contributed by atoms with Crippen LogP contribution < -0.4 is 16.6 Å². The summed E-state index contributed by atoms with van der Waals surface area (Å²) in [6, 6.07) is 3.93. The first kappa shape index (κ1) is 23.7. The highest BCUT2D eigenvalue weighted by Gasteiger charge is 2.32. The summed E-state index contributed by atoms with van der Waals surface area (Å²) in [6.07, 6.45) is 0.363. The Kier molecular flexibility index (Phi) is 7.05. The highest BCUT2D eigenvalue weighted by Crippen LogP contribution is 2.17. The first-order valence-electron chi connectivity index (χ1n) is 9.66. The molecule has 15 heteroatoms. The number of nitroso groups, excluding NO2 is 1. The first-order chi connectivity index (χ1) is 16.2.